The first-order valence-electron chi connectivity index (χ1n) is 10.4. The van der Waals surface area contributed by atoms with Gasteiger partial charge in [0.15, 0.2) is 0 Å². The van der Waals surface area contributed by atoms with Gasteiger partial charge in [0, 0.05) is 29.5 Å². The van der Waals surface area contributed by atoms with Crippen molar-refractivity contribution in [1.82, 2.24) is 10.3 Å². The van der Waals surface area contributed by atoms with Gasteiger partial charge in [-0.3, -0.25) is 0 Å². The summed E-state index contributed by atoms with van der Waals surface area (Å²) in [4.78, 5) is 14.5. The molecule has 2 aliphatic rings. The third-order valence-electron chi connectivity index (χ3n) is 5.21. The van der Waals surface area contributed by atoms with E-state index in [0.717, 1.165) is 31.5 Å². The smallest absolute Gasteiger partial charge is 0.339 e. The predicted molar refractivity (Wildman–Crippen MR) is 125 cm³/mol. The number of ether oxygens (including phenoxy) is 1. The number of nitrogens with zero attached hydrogens (tertiary/aromatic N) is 2. The number of morpholine rings is 1. The second-order valence-corrected chi connectivity index (χ2v) is 7.82. The highest BCUT2D eigenvalue weighted by Gasteiger charge is 2.25. The lowest BCUT2D eigenvalue weighted by Gasteiger charge is -2.31. The Balaban J connectivity index is 1.50. The van der Waals surface area contributed by atoms with E-state index in [0.29, 0.717) is 23.9 Å². The van der Waals surface area contributed by atoms with Gasteiger partial charge in [-0.25, -0.2) is 10.2 Å². The van der Waals surface area contributed by atoms with Crippen LogP contribution in [0.2, 0.25) is 5.02 Å². The number of urea groups is 1. The van der Waals surface area contributed by atoms with E-state index in [-0.39, 0.29) is 0 Å². The Hall–Kier alpha value is -3.09. The highest BCUT2D eigenvalue weighted by Crippen LogP contribution is 2.34. The van der Waals surface area contributed by atoms with Crippen molar-refractivity contribution in [3.05, 3.63) is 82.0 Å². The van der Waals surface area contributed by atoms with Crippen LogP contribution in [0.15, 0.2) is 76.5 Å². The molecule has 7 heteroatoms. The molecule has 2 N–H and O–H groups in total. The number of halogens is 1. The first kappa shape index (κ1) is 21.2. The second-order valence-electron chi connectivity index (χ2n) is 7.39. The van der Waals surface area contributed by atoms with E-state index in [9.17, 15) is 4.79 Å². The normalized spacial score (nSPS) is 18.1. The predicted octanol–water partition coefficient (Wildman–Crippen LogP) is 4.91. The van der Waals surface area contributed by atoms with E-state index in [1.807, 2.05) is 18.2 Å². The average Bonchev–Trinajstić information content (AvgIpc) is 3.17. The van der Waals surface area contributed by atoms with Gasteiger partial charge in [0.05, 0.1) is 19.4 Å². The number of benzene rings is 2. The summed E-state index contributed by atoms with van der Waals surface area (Å²) in [6, 6.07) is 16.9. The lowest BCUT2D eigenvalue weighted by molar-refractivity contribution is 0.0548. The molecule has 160 valence electrons. The van der Waals surface area contributed by atoms with Crippen molar-refractivity contribution in [3.8, 4) is 0 Å². The Morgan fingerprint density at radius 2 is 1.87 bits per heavy atom. The van der Waals surface area contributed by atoms with Gasteiger partial charge in [0.25, 0.3) is 0 Å². The van der Waals surface area contributed by atoms with Crippen LogP contribution in [0.25, 0.3) is 6.08 Å². The lowest BCUT2D eigenvalue weighted by Crippen LogP contribution is -2.36. The maximum absolute atomic E-state index is 12.2. The fourth-order valence-corrected chi connectivity index (χ4v) is 4.01. The number of carbonyl (C=O) groups excluding carboxylic acids is 1. The van der Waals surface area contributed by atoms with Crippen LogP contribution in [0.1, 0.15) is 18.4 Å². The minimum Gasteiger partial charge on any atom is -0.378 e. The molecule has 0 saturated carbocycles. The fourth-order valence-electron chi connectivity index (χ4n) is 3.82. The SMILES string of the molecule is O=C(N/N=C/C1=C(N2CCOCC2)C(=C/c2ccccc2)/CC1)Nc1cccc(Cl)c1. The van der Waals surface area contributed by atoms with E-state index < -0.39 is 6.03 Å². The molecule has 0 atom stereocenters. The van der Waals surface area contributed by atoms with Crippen molar-refractivity contribution in [3.63, 3.8) is 0 Å². The Kier molecular flexibility index (Phi) is 7.02. The van der Waals surface area contributed by atoms with Crippen LogP contribution in [-0.2, 0) is 4.74 Å². The van der Waals surface area contributed by atoms with Crippen LogP contribution in [0, 0.1) is 0 Å². The number of allylic oxidation sites excluding steroid dienone is 2. The number of carbonyl (C=O) groups is 1. The highest BCUT2D eigenvalue weighted by atomic mass is 35.5. The van der Waals surface area contributed by atoms with Crippen molar-refractivity contribution in [1.29, 1.82) is 0 Å². The maximum Gasteiger partial charge on any atom is 0.339 e. The van der Waals surface area contributed by atoms with Crippen LogP contribution in [-0.4, -0.2) is 43.4 Å². The van der Waals surface area contributed by atoms with Crippen LogP contribution in [0.3, 0.4) is 0 Å². The molecule has 0 spiro atoms. The summed E-state index contributed by atoms with van der Waals surface area (Å²) in [7, 11) is 0. The second kappa shape index (κ2) is 10.3. The molecule has 1 aliphatic heterocycles. The molecule has 0 unspecified atom stereocenters. The summed E-state index contributed by atoms with van der Waals surface area (Å²) < 4.78 is 5.53. The number of hydrazone groups is 1. The Morgan fingerprint density at radius 1 is 1.06 bits per heavy atom. The van der Waals surface area contributed by atoms with Crippen LogP contribution < -0.4 is 10.7 Å². The van der Waals surface area contributed by atoms with Crippen molar-refractivity contribution < 1.29 is 9.53 Å². The molecule has 0 aromatic heterocycles. The molecule has 0 bridgehead atoms. The monoisotopic (exact) mass is 436 g/mol. The van der Waals surface area contributed by atoms with E-state index in [1.165, 1.54) is 16.8 Å². The van der Waals surface area contributed by atoms with E-state index >= 15 is 0 Å². The zero-order valence-electron chi connectivity index (χ0n) is 17.2. The molecule has 2 aromatic rings. The van der Waals surface area contributed by atoms with Gasteiger partial charge in [-0.05, 0) is 53.8 Å². The Morgan fingerprint density at radius 3 is 2.65 bits per heavy atom. The van der Waals surface area contributed by atoms with Gasteiger partial charge >= 0.3 is 6.03 Å². The summed E-state index contributed by atoms with van der Waals surface area (Å²) in [5.41, 5.74) is 7.95. The van der Waals surface area contributed by atoms with Crippen LogP contribution in [0.5, 0.6) is 0 Å². The molecule has 1 aliphatic carbocycles. The fraction of sp³-hybridized carbons (Fsp3) is 0.250. The third-order valence-corrected chi connectivity index (χ3v) is 5.44. The number of hydrogen-bond donors (Lipinski definition) is 2. The number of amides is 2. The molecule has 31 heavy (non-hydrogen) atoms. The van der Waals surface area contributed by atoms with Gasteiger partial charge in [-0.15, -0.1) is 0 Å². The summed E-state index contributed by atoms with van der Waals surface area (Å²) in [5.74, 6) is 0. The number of nitrogens with one attached hydrogen (secondary N) is 2. The van der Waals surface area contributed by atoms with Gasteiger partial charge in [-0.2, -0.15) is 5.10 Å². The van der Waals surface area contributed by atoms with Gasteiger partial charge < -0.3 is 15.0 Å². The molecule has 2 aromatic carbocycles. The van der Waals surface area contributed by atoms with Gasteiger partial charge in [0.1, 0.15) is 0 Å². The van der Waals surface area contributed by atoms with E-state index in [1.54, 1.807) is 30.5 Å². The van der Waals surface area contributed by atoms with E-state index in [4.69, 9.17) is 16.3 Å². The minimum atomic E-state index is -0.412. The Labute approximate surface area is 187 Å². The number of anilines is 1. The zero-order valence-corrected chi connectivity index (χ0v) is 17.9. The van der Waals surface area contributed by atoms with E-state index in [2.05, 4.69) is 39.0 Å². The molecule has 1 fully saturated rings. The summed E-state index contributed by atoms with van der Waals surface area (Å²) in [6.45, 7) is 3.13. The largest absolute Gasteiger partial charge is 0.378 e. The summed E-state index contributed by atoms with van der Waals surface area (Å²) in [5, 5.41) is 7.48. The third kappa shape index (κ3) is 5.75. The minimum absolute atomic E-state index is 0.412. The standard InChI is InChI=1S/C24H25ClN4O2/c25-21-7-4-8-22(16-21)27-24(30)28-26-17-20-10-9-19(15-18-5-2-1-3-6-18)23(20)29-11-13-31-14-12-29/h1-8,15-17H,9-14H2,(H2,27,28,30)/b19-15+,26-17+. The molecule has 1 saturated heterocycles. The topological polar surface area (TPSA) is 66.0 Å². The molecular weight excluding hydrogens is 412 g/mol. The van der Waals surface area contributed by atoms with Crippen molar-refractivity contribution in [2.45, 2.75) is 12.8 Å². The van der Waals surface area contributed by atoms with Gasteiger partial charge in [0.2, 0.25) is 0 Å². The van der Waals surface area contributed by atoms with Crippen LogP contribution >= 0.6 is 11.6 Å². The molecule has 4 rings (SSSR count). The Bertz CT molecular complexity index is 1010. The van der Waals surface area contributed by atoms with Crippen molar-refractivity contribution in [2.24, 2.45) is 5.10 Å². The van der Waals surface area contributed by atoms with Crippen molar-refractivity contribution >= 4 is 35.6 Å². The zero-order chi connectivity index (χ0) is 21.5. The maximum atomic E-state index is 12.2. The number of rotatable bonds is 5. The summed E-state index contributed by atoms with van der Waals surface area (Å²) in [6.07, 6.45) is 5.82. The highest BCUT2D eigenvalue weighted by molar-refractivity contribution is 6.30. The lowest BCUT2D eigenvalue weighted by atomic mass is 10.1. The van der Waals surface area contributed by atoms with Crippen LogP contribution in [0.4, 0.5) is 10.5 Å². The first-order valence-corrected chi connectivity index (χ1v) is 10.7. The van der Waals surface area contributed by atoms with Gasteiger partial charge in [-0.1, -0.05) is 48.0 Å². The first-order chi connectivity index (χ1) is 15.2. The van der Waals surface area contributed by atoms with Crippen molar-refractivity contribution in [2.75, 3.05) is 31.6 Å². The number of hydrogen-bond acceptors (Lipinski definition) is 4. The molecule has 0 radical (unpaired) electrons. The summed E-state index contributed by atoms with van der Waals surface area (Å²) >= 11 is 5.95. The average molecular weight is 437 g/mol. The quantitative estimate of drug-likeness (QED) is 0.517. The molecular formula is C24H25ClN4O2. The molecule has 2 amide bonds. The molecule has 1 heterocycles. The molecule has 6 nitrogen and oxygen atoms in total.